The maximum atomic E-state index is 12.9. The number of aliphatic hydroxyl groups is 1. The molecule has 10 heteroatoms. The number of benzene rings is 1. The number of pyridine rings is 1. The van der Waals surface area contributed by atoms with E-state index in [0.717, 1.165) is 5.56 Å². The van der Waals surface area contributed by atoms with E-state index in [9.17, 15) is 9.59 Å². The molecule has 0 spiro atoms. The van der Waals surface area contributed by atoms with Crippen LogP contribution in [0.2, 0.25) is 0 Å². The zero-order chi connectivity index (χ0) is 26.4. The topological polar surface area (TPSA) is 128 Å². The van der Waals surface area contributed by atoms with Crippen molar-refractivity contribution in [2.24, 2.45) is 5.92 Å². The Bertz CT molecular complexity index is 1380. The van der Waals surface area contributed by atoms with Gasteiger partial charge in [0.25, 0.3) is 5.91 Å². The summed E-state index contributed by atoms with van der Waals surface area (Å²) in [5, 5.41) is 15.8. The summed E-state index contributed by atoms with van der Waals surface area (Å²) in [4.78, 5) is 30.5. The van der Waals surface area contributed by atoms with E-state index in [1.54, 1.807) is 16.8 Å². The monoisotopic (exact) mass is 506 g/mol. The third-order valence-electron chi connectivity index (χ3n) is 5.60. The molecule has 0 aliphatic rings. The first-order valence-electron chi connectivity index (χ1n) is 11.9. The van der Waals surface area contributed by atoms with Crippen molar-refractivity contribution in [3.05, 3.63) is 71.9 Å². The van der Waals surface area contributed by atoms with Crippen LogP contribution in [-0.4, -0.2) is 46.9 Å². The zero-order valence-corrected chi connectivity index (χ0v) is 21.0. The predicted molar refractivity (Wildman–Crippen MR) is 139 cm³/mol. The van der Waals surface area contributed by atoms with Crippen LogP contribution in [0.4, 0.5) is 11.4 Å². The number of fused-ring (bicyclic) bond motifs is 1. The van der Waals surface area contributed by atoms with Crippen LogP contribution in [0.3, 0.4) is 0 Å². The minimum Gasteiger partial charge on any atom is -0.491 e. The molecule has 37 heavy (non-hydrogen) atoms. The van der Waals surface area contributed by atoms with Gasteiger partial charge in [0.15, 0.2) is 5.69 Å². The van der Waals surface area contributed by atoms with Gasteiger partial charge in [0.05, 0.1) is 43.1 Å². The van der Waals surface area contributed by atoms with Gasteiger partial charge in [0.1, 0.15) is 24.3 Å². The molecule has 0 atom stereocenters. The molecule has 4 rings (SSSR count). The fourth-order valence-electron chi connectivity index (χ4n) is 3.99. The second-order valence-electron chi connectivity index (χ2n) is 8.85. The highest BCUT2D eigenvalue weighted by atomic mass is 16.5. The standard InChI is InChI=1S/C27H30N4O6/c1-17(2)15-31-24(27(34)35-3)23(30-26(33)19-7-9-36-16-19)22-12-20(14-29-25(22)31)28-13-18-5-4-6-21(11-18)37-10-8-32/h4-7,9,11-12,14,16-17,28,32H,8,10,13,15H2,1-3H3,(H,30,33). The van der Waals surface area contributed by atoms with Crippen LogP contribution in [0.15, 0.2) is 59.5 Å². The van der Waals surface area contributed by atoms with Gasteiger partial charge < -0.3 is 34.2 Å². The van der Waals surface area contributed by atoms with Crippen LogP contribution >= 0.6 is 0 Å². The number of aromatic nitrogens is 2. The molecule has 10 nitrogen and oxygen atoms in total. The van der Waals surface area contributed by atoms with E-state index in [1.807, 2.05) is 44.2 Å². The molecule has 1 aromatic carbocycles. The minimum absolute atomic E-state index is 0.0579. The number of hydrogen-bond acceptors (Lipinski definition) is 8. The van der Waals surface area contributed by atoms with Crippen LogP contribution < -0.4 is 15.4 Å². The van der Waals surface area contributed by atoms with E-state index in [1.165, 1.54) is 19.6 Å². The van der Waals surface area contributed by atoms with Gasteiger partial charge in [-0.25, -0.2) is 9.78 Å². The molecule has 0 fully saturated rings. The number of amides is 1. The number of rotatable bonds is 11. The van der Waals surface area contributed by atoms with Gasteiger partial charge in [-0.3, -0.25) is 4.79 Å². The van der Waals surface area contributed by atoms with Crippen LogP contribution in [0.5, 0.6) is 5.75 Å². The lowest BCUT2D eigenvalue weighted by Crippen LogP contribution is -2.18. The van der Waals surface area contributed by atoms with E-state index >= 15 is 0 Å². The lowest BCUT2D eigenvalue weighted by molar-refractivity contribution is 0.0589. The fourth-order valence-corrected chi connectivity index (χ4v) is 3.99. The smallest absolute Gasteiger partial charge is 0.356 e. The van der Waals surface area contributed by atoms with Gasteiger partial charge >= 0.3 is 5.97 Å². The van der Waals surface area contributed by atoms with E-state index < -0.39 is 11.9 Å². The maximum Gasteiger partial charge on any atom is 0.356 e. The van der Waals surface area contributed by atoms with Gasteiger partial charge in [-0.1, -0.05) is 26.0 Å². The van der Waals surface area contributed by atoms with Crippen molar-refractivity contribution >= 4 is 34.3 Å². The quantitative estimate of drug-likeness (QED) is 0.257. The number of furan rings is 1. The summed E-state index contributed by atoms with van der Waals surface area (Å²) in [5.74, 6) is -0.119. The Morgan fingerprint density at radius 2 is 2.05 bits per heavy atom. The lowest BCUT2D eigenvalue weighted by atomic mass is 10.2. The van der Waals surface area contributed by atoms with Crippen LogP contribution in [0.25, 0.3) is 11.0 Å². The Balaban J connectivity index is 1.71. The minimum atomic E-state index is -0.574. The normalized spacial score (nSPS) is 11.1. The molecule has 1 amide bonds. The third kappa shape index (κ3) is 5.92. The van der Waals surface area contributed by atoms with Gasteiger partial charge in [-0.15, -0.1) is 0 Å². The van der Waals surface area contributed by atoms with E-state index in [4.69, 9.17) is 19.0 Å². The summed E-state index contributed by atoms with van der Waals surface area (Å²) in [6, 6.07) is 10.9. The average molecular weight is 507 g/mol. The molecule has 0 aliphatic carbocycles. The van der Waals surface area contributed by atoms with Crippen molar-refractivity contribution < 1.29 is 28.6 Å². The molecule has 194 valence electrons. The summed E-state index contributed by atoms with van der Waals surface area (Å²) >= 11 is 0. The SMILES string of the molecule is COC(=O)c1c(NC(=O)c2ccoc2)c2cc(NCc3cccc(OCCO)c3)cnc2n1CC(C)C. The second-order valence-corrected chi connectivity index (χ2v) is 8.85. The van der Waals surface area contributed by atoms with E-state index in [0.29, 0.717) is 46.8 Å². The molecule has 0 bridgehead atoms. The molecule has 3 aromatic heterocycles. The number of ether oxygens (including phenoxy) is 2. The largest absolute Gasteiger partial charge is 0.491 e. The fraction of sp³-hybridized carbons (Fsp3) is 0.296. The number of nitrogens with one attached hydrogen (secondary N) is 2. The van der Waals surface area contributed by atoms with Crippen molar-refractivity contribution in [3.63, 3.8) is 0 Å². The van der Waals surface area contributed by atoms with Crippen LogP contribution in [0, 0.1) is 5.92 Å². The first-order valence-corrected chi connectivity index (χ1v) is 11.9. The molecular formula is C27H30N4O6. The Labute approximate surface area is 214 Å². The number of nitrogens with zero attached hydrogens (tertiary/aromatic N) is 2. The van der Waals surface area contributed by atoms with Crippen molar-refractivity contribution in [2.75, 3.05) is 31.0 Å². The predicted octanol–water partition coefficient (Wildman–Crippen LogP) is 4.31. The Kier molecular flexibility index (Phi) is 8.09. The number of methoxy groups -OCH3 is 1. The molecule has 0 saturated carbocycles. The number of aliphatic hydroxyl groups excluding tert-OH is 1. The summed E-state index contributed by atoms with van der Waals surface area (Å²) in [5.41, 5.74) is 3.10. The van der Waals surface area contributed by atoms with Gasteiger partial charge in [-0.05, 0) is 35.7 Å². The Morgan fingerprint density at radius 3 is 2.76 bits per heavy atom. The summed E-state index contributed by atoms with van der Waals surface area (Å²) in [6.07, 6.45) is 4.43. The van der Waals surface area contributed by atoms with E-state index in [2.05, 4.69) is 15.6 Å². The van der Waals surface area contributed by atoms with Gasteiger partial charge in [0.2, 0.25) is 0 Å². The molecule has 0 radical (unpaired) electrons. The number of carbonyl (C=O) groups is 2. The molecule has 0 saturated heterocycles. The highest BCUT2D eigenvalue weighted by Crippen LogP contribution is 2.34. The molecule has 3 N–H and O–H groups in total. The van der Waals surface area contributed by atoms with E-state index in [-0.39, 0.29) is 24.8 Å². The zero-order valence-electron chi connectivity index (χ0n) is 21.0. The lowest BCUT2D eigenvalue weighted by Gasteiger charge is -2.12. The molecule has 0 aliphatic heterocycles. The summed E-state index contributed by atoms with van der Waals surface area (Å²) in [7, 11) is 1.31. The number of esters is 1. The molecule has 3 heterocycles. The summed E-state index contributed by atoms with van der Waals surface area (Å²) in [6.45, 7) is 5.22. The molecule has 0 unspecified atom stereocenters. The Hall–Kier alpha value is -4.31. The highest BCUT2D eigenvalue weighted by Gasteiger charge is 2.27. The average Bonchev–Trinajstić information content (AvgIpc) is 3.53. The van der Waals surface area contributed by atoms with Crippen LogP contribution in [-0.2, 0) is 17.8 Å². The number of anilines is 2. The third-order valence-corrected chi connectivity index (χ3v) is 5.60. The first kappa shape index (κ1) is 25.8. The molecule has 4 aromatic rings. The van der Waals surface area contributed by atoms with Crippen molar-refractivity contribution in [2.45, 2.75) is 26.9 Å². The maximum absolute atomic E-state index is 12.9. The van der Waals surface area contributed by atoms with Crippen molar-refractivity contribution in [1.82, 2.24) is 9.55 Å². The molecular weight excluding hydrogens is 476 g/mol. The highest BCUT2D eigenvalue weighted by molar-refractivity contribution is 6.14. The van der Waals surface area contributed by atoms with Gasteiger partial charge in [0, 0.05) is 18.5 Å². The number of hydrogen-bond donors (Lipinski definition) is 3. The second kappa shape index (κ2) is 11.6. The van der Waals surface area contributed by atoms with Gasteiger partial charge in [-0.2, -0.15) is 0 Å². The van der Waals surface area contributed by atoms with Crippen LogP contribution in [0.1, 0.15) is 40.3 Å². The van der Waals surface area contributed by atoms with Crippen molar-refractivity contribution in [3.8, 4) is 5.75 Å². The summed E-state index contributed by atoms with van der Waals surface area (Å²) < 4.78 is 17.4. The number of carbonyl (C=O) groups excluding carboxylic acids is 2. The first-order chi connectivity index (χ1) is 17.9. The Morgan fingerprint density at radius 1 is 1.22 bits per heavy atom. The van der Waals surface area contributed by atoms with Crippen molar-refractivity contribution in [1.29, 1.82) is 0 Å².